The van der Waals surface area contributed by atoms with E-state index < -0.39 is 0 Å². The number of halogens is 2. The monoisotopic (exact) mass is 503 g/mol. The van der Waals surface area contributed by atoms with Gasteiger partial charge in [0.05, 0.1) is 20.5 Å². The van der Waals surface area contributed by atoms with Crippen LogP contribution in [0.15, 0.2) is 73.0 Å². The van der Waals surface area contributed by atoms with Crippen LogP contribution in [0.2, 0.25) is 0 Å². The Labute approximate surface area is 174 Å². The first-order chi connectivity index (χ1) is 13.0. The predicted octanol–water partition coefficient (Wildman–Crippen LogP) is 5.24. The van der Waals surface area contributed by atoms with Crippen molar-refractivity contribution in [3.63, 3.8) is 0 Å². The molecule has 0 aliphatic heterocycles. The van der Waals surface area contributed by atoms with Gasteiger partial charge in [-0.1, -0.05) is 30.3 Å². The largest absolute Gasteiger partial charge is 0.506 e. The first-order valence-electron chi connectivity index (χ1n) is 7.81. The maximum absolute atomic E-state index is 13.0. The molecule has 134 valence electrons. The fraction of sp³-hybridized carbons (Fsp3) is 0. The zero-order valence-electron chi connectivity index (χ0n) is 13.6. The summed E-state index contributed by atoms with van der Waals surface area (Å²) in [6, 6.07) is 13.2. The van der Waals surface area contributed by atoms with Gasteiger partial charge < -0.3 is 5.11 Å². The molecule has 2 aromatic heterocycles. The Morgan fingerprint density at radius 3 is 2.56 bits per heavy atom. The summed E-state index contributed by atoms with van der Waals surface area (Å²) in [5.74, 6) is 0.109. The Balaban J connectivity index is 1.80. The first kappa shape index (κ1) is 18.1. The summed E-state index contributed by atoms with van der Waals surface area (Å²) in [6.45, 7) is 0. The zero-order valence-corrected chi connectivity index (χ0v) is 17.6. The number of phenols is 1. The van der Waals surface area contributed by atoms with Gasteiger partial charge in [-0.2, -0.15) is 9.78 Å². The van der Waals surface area contributed by atoms with Crippen LogP contribution in [-0.2, 0) is 0 Å². The molecule has 0 aliphatic rings. The third-order valence-electron chi connectivity index (χ3n) is 3.93. The van der Waals surface area contributed by atoms with Crippen molar-refractivity contribution in [3.8, 4) is 16.9 Å². The van der Waals surface area contributed by atoms with Gasteiger partial charge in [0.1, 0.15) is 16.9 Å². The molecule has 4 aromatic rings. The van der Waals surface area contributed by atoms with Crippen LogP contribution in [0.1, 0.15) is 5.56 Å². The Morgan fingerprint density at radius 2 is 1.85 bits per heavy atom. The molecule has 0 aliphatic carbocycles. The van der Waals surface area contributed by atoms with E-state index in [-0.39, 0.29) is 11.3 Å². The number of hydrogen-bond acceptors (Lipinski definition) is 5. The van der Waals surface area contributed by atoms with Crippen LogP contribution in [0, 0.1) is 0 Å². The van der Waals surface area contributed by atoms with Gasteiger partial charge in [-0.15, -0.1) is 11.3 Å². The fourth-order valence-electron chi connectivity index (χ4n) is 2.62. The van der Waals surface area contributed by atoms with Crippen LogP contribution < -0.4 is 5.56 Å². The van der Waals surface area contributed by atoms with Gasteiger partial charge >= 0.3 is 0 Å². The highest BCUT2D eigenvalue weighted by Gasteiger charge is 2.13. The maximum atomic E-state index is 13.0. The molecule has 0 fully saturated rings. The van der Waals surface area contributed by atoms with Crippen LogP contribution >= 0.6 is 43.2 Å². The van der Waals surface area contributed by atoms with Crippen LogP contribution in [0.5, 0.6) is 5.75 Å². The molecule has 0 spiro atoms. The van der Waals surface area contributed by atoms with Crippen LogP contribution in [0.3, 0.4) is 0 Å². The van der Waals surface area contributed by atoms with E-state index in [1.807, 2.05) is 35.7 Å². The van der Waals surface area contributed by atoms with E-state index in [1.165, 1.54) is 22.3 Å². The van der Waals surface area contributed by atoms with Crippen molar-refractivity contribution >= 4 is 59.6 Å². The summed E-state index contributed by atoms with van der Waals surface area (Å²) in [6.07, 6.45) is 2.95. The second-order valence-electron chi connectivity index (χ2n) is 5.67. The minimum Gasteiger partial charge on any atom is -0.506 e. The molecule has 8 heteroatoms. The SMILES string of the molecule is O=c1c2c(-c3ccccc3)csc2ncn1/N=C/c1cc(Br)c(O)c(Br)c1. The Bertz CT molecular complexity index is 1210. The normalized spacial score (nSPS) is 11.5. The van der Waals surface area contributed by atoms with Crippen molar-refractivity contribution < 1.29 is 5.11 Å². The average Bonchev–Trinajstić information content (AvgIpc) is 3.11. The lowest BCUT2D eigenvalue weighted by molar-refractivity contribution is 0.468. The lowest BCUT2D eigenvalue weighted by Crippen LogP contribution is -2.16. The summed E-state index contributed by atoms with van der Waals surface area (Å²) >= 11 is 7.99. The van der Waals surface area contributed by atoms with Gasteiger partial charge in [0.15, 0.2) is 0 Å². The van der Waals surface area contributed by atoms with Crippen molar-refractivity contribution in [1.82, 2.24) is 9.66 Å². The van der Waals surface area contributed by atoms with E-state index in [1.54, 1.807) is 18.3 Å². The number of hydrogen-bond donors (Lipinski definition) is 1. The highest BCUT2D eigenvalue weighted by atomic mass is 79.9. The van der Waals surface area contributed by atoms with Gasteiger partial charge in [0, 0.05) is 10.9 Å². The number of thiophene rings is 1. The molecular formula is C19H11Br2N3O2S. The Kier molecular flexibility index (Phi) is 4.94. The molecule has 0 bridgehead atoms. The molecule has 0 amide bonds. The zero-order chi connectivity index (χ0) is 19.0. The standard InChI is InChI=1S/C19H11Br2N3O2S/c20-14-6-11(7-15(21)17(14)25)8-23-24-10-22-18-16(19(24)26)13(9-27-18)12-4-2-1-3-5-12/h1-10,25H/b23-8+. The number of phenolic OH excluding ortho intramolecular Hbond substituents is 1. The molecule has 27 heavy (non-hydrogen) atoms. The molecule has 0 saturated carbocycles. The third kappa shape index (κ3) is 3.47. The maximum Gasteiger partial charge on any atom is 0.283 e. The van der Waals surface area contributed by atoms with Crippen molar-refractivity contribution in [2.75, 3.05) is 0 Å². The number of benzene rings is 2. The van der Waals surface area contributed by atoms with E-state index >= 15 is 0 Å². The lowest BCUT2D eigenvalue weighted by atomic mass is 10.1. The number of fused-ring (bicyclic) bond motifs is 1. The van der Waals surface area contributed by atoms with E-state index in [0.717, 1.165) is 11.1 Å². The summed E-state index contributed by atoms with van der Waals surface area (Å²) < 4.78 is 2.28. The van der Waals surface area contributed by atoms with Gasteiger partial charge in [0.25, 0.3) is 5.56 Å². The molecular weight excluding hydrogens is 494 g/mol. The fourth-order valence-corrected chi connectivity index (χ4v) is 4.75. The van der Waals surface area contributed by atoms with Crippen molar-refractivity contribution in [2.45, 2.75) is 0 Å². The van der Waals surface area contributed by atoms with Crippen LogP contribution in [0.4, 0.5) is 0 Å². The second-order valence-corrected chi connectivity index (χ2v) is 8.23. The van der Waals surface area contributed by atoms with E-state index in [0.29, 0.717) is 24.7 Å². The highest BCUT2D eigenvalue weighted by molar-refractivity contribution is 9.11. The molecule has 0 unspecified atom stereocenters. The Morgan fingerprint density at radius 1 is 1.15 bits per heavy atom. The summed E-state index contributed by atoms with van der Waals surface area (Å²) in [5.41, 5.74) is 2.31. The number of aromatic hydroxyl groups is 1. The Hall–Kier alpha value is -2.29. The molecule has 2 heterocycles. The topological polar surface area (TPSA) is 67.5 Å². The smallest absolute Gasteiger partial charge is 0.283 e. The van der Waals surface area contributed by atoms with Crippen molar-refractivity contribution in [1.29, 1.82) is 0 Å². The molecule has 5 nitrogen and oxygen atoms in total. The predicted molar refractivity (Wildman–Crippen MR) is 116 cm³/mol. The molecule has 0 saturated heterocycles. The lowest BCUT2D eigenvalue weighted by Gasteiger charge is -2.03. The molecule has 0 atom stereocenters. The average molecular weight is 505 g/mol. The minimum atomic E-state index is -0.228. The molecule has 4 rings (SSSR count). The second kappa shape index (κ2) is 7.38. The van der Waals surface area contributed by atoms with E-state index in [9.17, 15) is 9.90 Å². The van der Waals surface area contributed by atoms with Gasteiger partial charge in [0.2, 0.25) is 0 Å². The highest BCUT2D eigenvalue weighted by Crippen LogP contribution is 2.33. The van der Waals surface area contributed by atoms with Crippen molar-refractivity contribution in [3.05, 3.63) is 79.0 Å². The van der Waals surface area contributed by atoms with Gasteiger partial charge in [-0.25, -0.2) is 4.98 Å². The van der Waals surface area contributed by atoms with E-state index in [4.69, 9.17) is 0 Å². The molecule has 2 aromatic carbocycles. The summed E-state index contributed by atoms with van der Waals surface area (Å²) in [5, 5.41) is 16.5. The summed E-state index contributed by atoms with van der Waals surface area (Å²) in [4.78, 5) is 18.0. The van der Waals surface area contributed by atoms with Gasteiger partial charge in [-0.05, 0) is 55.1 Å². The number of rotatable bonds is 3. The number of nitrogens with zero attached hydrogens (tertiary/aromatic N) is 3. The third-order valence-corrected chi connectivity index (χ3v) is 6.03. The minimum absolute atomic E-state index is 0.109. The first-order valence-corrected chi connectivity index (χ1v) is 10.3. The van der Waals surface area contributed by atoms with Crippen LogP contribution in [0.25, 0.3) is 21.3 Å². The number of aromatic nitrogens is 2. The van der Waals surface area contributed by atoms with Gasteiger partial charge in [-0.3, -0.25) is 4.79 Å². The van der Waals surface area contributed by atoms with E-state index in [2.05, 4.69) is 41.9 Å². The molecule has 0 radical (unpaired) electrons. The quantitative estimate of drug-likeness (QED) is 0.388. The summed E-state index contributed by atoms with van der Waals surface area (Å²) in [7, 11) is 0. The molecule has 1 N–H and O–H groups in total. The van der Waals surface area contributed by atoms with Crippen LogP contribution in [-0.4, -0.2) is 21.0 Å². The van der Waals surface area contributed by atoms with Crippen molar-refractivity contribution in [2.24, 2.45) is 5.10 Å².